The van der Waals surface area contributed by atoms with E-state index in [0.717, 1.165) is 5.56 Å². The molecule has 2 N–H and O–H groups in total. The van der Waals surface area contributed by atoms with Crippen molar-refractivity contribution < 1.29 is 17.9 Å². The van der Waals surface area contributed by atoms with E-state index in [1.165, 1.54) is 24.3 Å². The van der Waals surface area contributed by atoms with E-state index in [1.807, 2.05) is 38.1 Å². The molecule has 0 bridgehead atoms. The minimum Gasteiger partial charge on any atom is -0.481 e. The molecule has 162 valence electrons. The molecular weight excluding hydrogens is 436 g/mol. The lowest BCUT2D eigenvalue weighted by atomic mass is 10.2. The topological polar surface area (TPSA) is 84.5 Å². The molecule has 3 rings (SSSR count). The fourth-order valence-electron chi connectivity index (χ4n) is 2.79. The van der Waals surface area contributed by atoms with Crippen molar-refractivity contribution in [1.82, 2.24) is 0 Å². The van der Waals surface area contributed by atoms with E-state index >= 15 is 0 Å². The van der Waals surface area contributed by atoms with Crippen molar-refractivity contribution in [3.8, 4) is 5.75 Å². The van der Waals surface area contributed by atoms with Gasteiger partial charge in [-0.05, 0) is 61.9 Å². The van der Waals surface area contributed by atoms with Crippen LogP contribution in [-0.2, 0) is 14.8 Å². The summed E-state index contributed by atoms with van der Waals surface area (Å²) in [6.07, 6.45) is -0.193. The summed E-state index contributed by atoms with van der Waals surface area (Å²) in [5.74, 6) is 0.299. The fourth-order valence-corrected chi connectivity index (χ4v) is 4.11. The molecule has 1 amide bonds. The van der Waals surface area contributed by atoms with Gasteiger partial charge in [-0.15, -0.1) is 0 Å². The number of hydrogen-bond acceptors (Lipinski definition) is 4. The molecular formula is C23H23ClN2O4S. The second-order valence-corrected chi connectivity index (χ2v) is 9.02. The first-order chi connectivity index (χ1) is 14.8. The molecule has 0 aliphatic heterocycles. The predicted molar refractivity (Wildman–Crippen MR) is 123 cm³/mol. The van der Waals surface area contributed by atoms with E-state index in [-0.39, 0.29) is 10.8 Å². The summed E-state index contributed by atoms with van der Waals surface area (Å²) in [6.45, 7) is 3.83. The quantitative estimate of drug-likeness (QED) is 0.483. The van der Waals surface area contributed by atoms with Gasteiger partial charge in [-0.2, -0.15) is 0 Å². The largest absolute Gasteiger partial charge is 0.481 e. The zero-order valence-corrected chi connectivity index (χ0v) is 18.7. The number of carbonyl (C=O) groups is 1. The number of benzene rings is 3. The van der Waals surface area contributed by atoms with Crippen molar-refractivity contribution in [1.29, 1.82) is 0 Å². The van der Waals surface area contributed by atoms with Gasteiger partial charge in [-0.1, -0.05) is 48.4 Å². The van der Waals surface area contributed by atoms with E-state index in [1.54, 1.807) is 24.3 Å². The van der Waals surface area contributed by atoms with E-state index in [0.29, 0.717) is 28.6 Å². The molecule has 3 aromatic carbocycles. The van der Waals surface area contributed by atoms with Crippen molar-refractivity contribution in [2.75, 3.05) is 10.0 Å². The Morgan fingerprint density at radius 2 is 1.65 bits per heavy atom. The number of halogens is 1. The van der Waals surface area contributed by atoms with Crippen LogP contribution in [0, 0.1) is 6.92 Å². The molecule has 6 nitrogen and oxygen atoms in total. The fraction of sp³-hybridized carbons (Fsp3) is 0.174. The van der Waals surface area contributed by atoms with Gasteiger partial charge in [0.05, 0.1) is 15.6 Å². The molecule has 3 aromatic rings. The average molecular weight is 459 g/mol. The van der Waals surface area contributed by atoms with Crippen LogP contribution in [0.5, 0.6) is 5.75 Å². The zero-order valence-electron chi connectivity index (χ0n) is 17.1. The van der Waals surface area contributed by atoms with Crippen LogP contribution in [-0.4, -0.2) is 20.4 Å². The first-order valence-electron chi connectivity index (χ1n) is 9.70. The highest BCUT2D eigenvalue weighted by Gasteiger charge is 2.20. The number of carbonyl (C=O) groups excluding carboxylic acids is 1. The molecule has 8 heteroatoms. The Bertz CT molecular complexity index is 1150. The number of rotatable bonds is 8. The van der Waals surface area contributed by atoms with E-state index in [9.17, 15) is 13.2 Å². The van der Waals surface area contributed by atoms with Gasteiger partial charge in [0.1, 0.15) is 5.75 Å². The average Bonchev–Trinajstić information content (AvgIpc) is 2.75. The van der Waals surface area contributed by atoms with Crippen LogP contribution >= 0.6 is 11.6 Å². The molecule has 0 fully saturated rings. The second kappa shape index (κ2) is 9.85. The first kappa shape index (κ1) is 22.7. The Kier molecular flexibility index (Phi) is 7.20. The normalized spacial score (nSPS) is 12.1. The Labute approximate surface area is 187 Å². The molecule has 1 atom stereocenters. The number of hydrogen-bond donors (Lipinski definition) is 2. The Hall–Kier alpha value is -3.03. The lowest BCUT2D eigenvalue weighted by Gasteiger charge is -2.17. The third-order valence-electron chi connectivity index (χ3n) is 4.51. The minimum atomic E-state index is -3.82. The smallest absolute Gasteiger partial charge is 0.265 e. The molecule has 0 aromatic heterocycles. The molecule has 0 spiro atoms. The molecule has 0 saturated carbocycles. The Morgan fingerprint density at radius 3 is 2.26 bits per heavy atom. The highest BCUT2D eigenvalue weighted by Crippen LogP contribution is 2.24. The molecule has 31 heavy (non-hydrogen) atoms. The second-order valence-electron chi connectivity index (χ2n) is 6.93. The molecule has 0 aliphatic carbocycles. The maximum atomic E-state index is 12.6. The van der Waals surface area contributed by atoms with Gasteiger partial charge in [-0.25, -0.2) is 8.42 Å². The summed E-state index contributed by atoms with van der Waals surface area (Å²) in [5, 5.41) is 3.06. The summed E-state index contributed by atoms with van der Waals surface area (Å²) < 4.78 is 33.4. The van der Waals surface area contributed by atoms with Gasteiger partial charge >= 0.3 is 0 Å². The molecule has 0 heterocycles. The molecule has 0 aliphatic rings. The van der Waals surface area contributed by atoms with Crippen molar-refractivity contribution in [3.63, 3.8) is 0 Å². The van der Waals surface area contributed by atoms with Crippen LogP contribution in [0.15, 0.2) is 77.7 Å². The zero-order chi connectivity index (χ0) is 22.4. The van der Waals surface area contributed by atoms with Crippen molar-refractivity contribution in [2.45, 2.75) is 31.3 Å². The van der Waals surface area contributed by atoms with Crippen LogP contribution in [0.2, 0.25) is 5.02 Å². The SMILES string of the molecule is CC[C@H](Oc1ccc(C)cc1)C(=O)Nc1ccc(S(=O)(=O)Nc2ccccc2Cl)cc1. The van der Waals surface area contributed by atoms with Crippen LogP contribution in [0.25, 0.3) is 0 Å². The van der Waals surface area contributed by atoms with Crippen molar-refractivity contribution in [3.05, 3.63) is 83.4 Å². The summed E-state index contributed by atoms with van der Waals surface area (Å²) in [5.41, 5.74) is 1.86. The molecule has 0 saturated heterocycles. The van der Waals surface area contributed by atoms with Gasteiger partial charge in [0.2, 0.25) is 0 Å². The maximum Gasteiger partial charge on any atom is 0.265 e. The van der Waals surface area contributed by atoms with Crippen LogP contribution < -0.4 is 14.8 Å². The van der Waals surface area contributed by atoms with Gasteiger partial charge in [0.25, 0.3) is 15.9 Å². The Morgan fingerprint density at radius 1 is 1.00 bits per heavy atom. The van der Waals surface area contributed by atoms with E-state index in [4.69, 9.17) is 16.3 Å². The summed E-state index contributed by atoms with van der Waals surface area (Å²) in [6, 6.07) is 19.9. The Balaban J connectivity index is 1.67. The number of para-hydroxylation sites is 1. The van der Waals surface area contributed by atoms with Gasteiger partial charge in [0, 0.05) is 5.69 Å². The molecule has 0 unspecified atom stereocenters. The number of ether oxygens (including phenoxy) is 1. The summed E-state index contributed by atoms with van der Waals surface area (Å²) in [7, 11) is -3.82. The number of aryl methyl sites for hydroxylation is 1. The molecule has 0 radical (unpaired) electrons. The number of anilines is 2. The first-order valence-corrected chi connectivity index (χ1v) is 11.6. The highest BCUT2D eigenvalue weighted by molar-refractivity contribution is 7.92. The van der Waals surface area contributed by atoms with Crippen molar-refractivity contribution in [2.24, 2.45) is 0 Å². The van der Waals surface area contributed by atoms with Crippen molar-refractivity contribution >= 4 is 38.9 Å². The third-order valence-corrected chi connectivity index (χ3v) is 6.22. The number of sulfonamides is 1. The van der Waals surface area contributed by atoms with Crippen LogP contribution in [0.4, 0.5) is 11.4 Å². The summed E-state index contributed by atoms with van der Waals surface area (Å²) >= 11 is 6.02. The number of nitrogens with one attached hydrogen (secondary N) is 2. The minimum absolute atomic E-state index is 0.0494. The number of amides is 1. The van der Waals surface area contributed by atoms with Crippen LogP contribution in [0.1, 0.15) is 18.9 Å². The maximum absolute atomic E-state index is 12.6. The third kappa shape index (κ3) is 5.99. The van der Waals surface area contributed by atoms with Crippen LogP contribution in [0.3, 0.4) is 0 Å². The lowest BCUT2D eigenvalue weighted by molar-refractivity contribution is -0.122. The van der Waals surface area contributed by atoms with E-state index < -0.39 is 16.1 Å². The van der Waals surface area contributed by atoms with Gasteiger partial charge in [0.15, 0.2) is 6.10 Å². The van der Waals surface area contributed by atoms with Gasteiger partial charge < -0.3 is 10.1 Å². The lowest BCUT2D eigenvalue weighted by Crippen LogP contribution is -2.32. The van der Waals surface area contributed by atoms with Gasteiger partial charge in [-0.3, -0.25) is 9.52 Å². The summed E-state index contributed by atoms with van der Waals surface area (Å²) in [4.78, 5) is 12.6. The van der Waals surface area contributed by atoms with E-state index in [2.05, 4.69) is 10.0 Å². The predicted octanol–water partition coefficient (Wildman–Crippen LogP) is 5.25. The standard InChI is InChI=1S/C23H23ClN2O4S/c1-3-22(30-18-12-8-16(2)9-13-18)23(27)25-17-10-14-19(15-11-17)31(28,29)26-21-7-5-4-6-20(21)24/h4-15,22,26H,3H2,1-2H3,(H,25,27)/t22-/m0/s1. The monoisotopic (exact) mass is 458 g/mol. The highest BCUT2D eigenvalue weighted by atomic mass is 35.5.